The molecule has 1 atom stereocenters. The molecular weight excluding hydrogens is 284 g/mol. The van der Waals surface area contributed by atoms with Crippen molar-refractivity contribution in [3.8, 4) is 0 Å². The van der Waals surface area contributed by atoms with Crippen molar-refractivity contribution >= 4 is 23.8 Å². The lowest BCUT2D eigenvalue weighted by atomic mass is 9.96. The predicted molar refractivity (Wildman–Crippen MR) is 72.1 cm³/mol. The van der Waals surface area contributed by atoms with Crippen LogP contribution in [0.2, 0.25) is 5.02 Å². The number of carbonyl (C=O) groups is 2. The van der Waals surface area contributed by atoms with E-state index in [1.807, 2.05) is 0 Å². The van der Waals surface area contributed by atoms with Gasteiger partial charge in [0.25, 0.3) is 0 Å². The second kappa shape index (κ2) is 7.00. The van der Waals surface area contributed by atoms with Crippen molar-refractivity contribution in [2.45, 2.75) is 25.9 Å². The summed E-state index contributed by atoms with van der Waals surface area (Å²) in [6, 6.07) is 6.62. The van der Waals surface area contributed by atoms with Crippen molar-refractivity contribution in [1.82, 2.24) is 10.6 Å². The molecule has 0 fully saturated rings. The molecule has 0 spiro atoms. The average molecular weight is 300 g/mol. The van der Waals surface area contributed by atoms with Gasteiger partial charge in [-0.25, -0.2) is 4.79 Å². The highest BCUT2D eigenvalue weighted by atomic mass is 35.5. The molecule has 0 heterocycles. The number of amides is 2. The highest BCUT2D eigenvalue weighted by molar-refractivity contribution is 6.31. The summed E-state index contributed by atoms with van der Waals surface area (Å²) in [4.78, 5) is 22.6. The number of halogens is 1. The van der Waals surface area contributed by atoms with Crippen molar-refractivity contribution in [2.24, 2.45) is 0 Å². The summed E-state index contributed by atoms with van der Waals surface area (Å²) in [7, 11) is 0. The highest BCUT2D eigenvalue weighted by Crippen LogP contribution is 2.29. The summed E-state index contributed by atoms with van der Waals surface area (Å²) in [6.45, 7) is 3.51. The van der Waals surface area contributed by atoms with Gasteiger partial charge in [-0.3, -0.25) is 5.32 Å². The normalized spacial score (nSPS) is 13.2. The fourth-order valence-corrected chi connectivity index (χ4v) is 2.15. The van der Waals surface area contributed by atoms with Crippen LogP contribution >= 0.6 is 11.6 Å². The first-order chi connectivity index (χ1) is 9.45. The predicted octanol–water partition coefficient (Wildman–Crippen LogP) is 1.58. The monoisotopic (exact) mass is 299 g/mol. The van der Waals surface area contributed by atoms with Gasteiger partial charge in [-0.2, -0.15) is 0 Å². The molecular formula is C13H16ClN2O4-. The molecule has 1 aromatic rings. The second-order valence-corrected chi connectivity index (χ2v) is 4.40. The fourth-order valence-electron chi connectivity index (χ4n) is 1.86. The molecule has 0 aromatic heterocycles. The minimum atomic E-state index is -1.52. The van der Waals surface area contributed by atoms with Gasteiger partial charge in [0.2, 0.25) is 0 Å². The van der Waals surface area contributed by atoms with E-state index in [4.69, 9.17) is 16.3 Å². The lowest BCUT2D eigenvalue weighted by Crippen LogP contribution is -2.60. The Morgan fingerprint density at radius 1 is 1.30 bits per heavy atom. The molecule has 0 radical (unpaired) electrons. The minimum Gasteiger partial charge on any atom is -0.530 e. The third-order valence-corrected chi connectivity index (χ3v) is 3.10. The van der Waals surface area contributed by atoms with Gasteiger partial charge in [-0.05, 0) is 19.4 Å². The summed E-state index contributed by atoms with van der Waals surface area (Å²) in [6.07, 6.45) is -2.05. The van der Waals surface area contributed by atoms with Crippen molar-refractivity contribution in [3.63, 3.8) is 0 Å². The Balaban J connectivity index is 3.21. The van der Waals surface area contributed by atoms with Crippen LogP contribution in [0.3, 0.4) is 0 Å². The van der Waals surface area contributed by atoms with Gasteiger partial charge in [-0.1, -0.05) is 36.7 Å². The number of rotatable bonds is 5. The molecule has 7 heteroatoms. The maximum Gasteiger partial charge on any atom is 0.409 e. The van der Waals surface area contributed by atoms with Gasteiger partial charge in [0, 0.05) is 10.6 Å². The molecule has 0 aliphatic heterocycles. The lowest BCUT2D eigenvalue weighted by molar-refractivity contribution is -0.253. The number of benzene rings is 1. The Bertz CT molecular complexity index is 495. The van der Waals surface area contributed by atoms with Crippen LogP contribution in [0.25, 0.3) is 0 Å². The first-order valence-electron chi connectivity index (χ1n) is 6.14. The summed E-state index contributed by atoms with van der Waals surface area (Å²) < 4.78 is 4.80. The molecule has 0 bridgehead atoms. The number of carboxylic acid groups (broad SMARTS) is 1. The molecule has 1 aromatic carbocycles. The van der Waals surface area contributed by atoms with E-state index in [0.29, 0.717) is 10.6 Å². The smallest absolute Gasteiger partial charge is 0.409 e. The van der Waals surface area contributed by atoms with Gasteiger partial charge >= 0.3 is 6.09 Å². The summed E-state index contributed by atoms with van der Waals surface area (Å²) in [5, 5.41) is 16.0. The van der Waals surface area contributed by atoms with Crippen LogP contribution in [-0.2, 0) is 10.4 Å². The van der Waals surface area contributed by atoms with E-state index in [1.54, 1.807) is 38.1 Å². The third kappa shape index (κ3) is 3.77. The number of ether oxygens (including phenoxy) is 1. The number of carbonyl (C=O) groups excluding carboxylic acids is 2. The number of hydrogen-bond acceptors (Lipinski definition) is 4. The third-order valence-electron chi connectivity index (χ3n) is 2.77. The van der Waals surface area contributed by atoms with E-state index in [9.17, 15) is 14.7 Å². The molecule has 2 amide bonds. The summed E-state index contributed by atoms with van der Waals surface area (Å²) in [5.41, 5.74) is -0.981. The van der Waals surface area contributed by atoms with Gasteiger partial charge in [-0.15, -0.1) is 0 Å². The minimum absolute atomic E-state index is 0.166. The van der Waals surface area contributed by atoms with Crippen molar-refractivity contribution in [3.05, 3.63) is 34.9 Å². The number of nitrogens with one attached hydrogen (secondary N) is 2. The van der Waals surface area contributed by atoms with Crippen LogP contribution in [0, 0.1) is 0 Å². The Kier molecular flexibility index (Phi) is 5.64. The topological polar surface area (TPSA) is 90.5 Å². The van der Waals surface area contributed by atoms with Crippen molar-refractivity contribution in [2.75, 3.05) is 6.61 Å². The SMILES string of the molecule is CCOC(=O)NC(CC)(NC(=O)[O-])c1ccccc1Cl. The number of alkyl carbamates (subject to hydrolysis) is 1. The molecule has 0 aliphatic carbocycles. The van der Waals surface area contributed by atoms with Crippen LogP contribution in [-0.4, -0.2) is 18.8 Å². The van der Waals surface area contributed by atoms with Crippen LogP contribution in [0.4, 0.5) is 9.59 Å². The second-order valence-electron chi connectivity index (χ2n) is 4.00. The zero-order valence-electron chi connectivity index (χ0n) is 11.2. The lowest BCUT2D eigenvalue weighted by Gasteiger charge is -2.36. The quantitative estimate of drug-likeness (QED) is 0.808. The largest absolute Gasteiger partial charge is 0.530 e. The van der Waals surface area contributed by atoms with E-state index in [2.05, 4.69) is 10.6 Å². The van der Waals surface area contributed by atoms with Gasteiger partial charge in [0.05, 0.1) is 6.61 Å². The first-order valence-corrected chi connectivity index (χ1v) is 6.52. The molecule has 0 saturated carbocycles. The molecule has 1 rings (SSSR count). The summed E-state index contributed by atoms with van der Waals surface area (Å²) in [5.74, 6) is 0. The van der Waals surface area contributed by atoms with E-state index in [0.717, 1.165) is 0 Å². The van der Waals surface area contributed by atoms with Crippen LogP contribution in [0.15, 0.2) is 24.3 Å². The fraction of sp³-hybridized carbons (Fsp3) is 0.385. The van der Waals surface area contributed by atoms with E-state index < -0.39 is 17.8 Å². The van der Waals surface area contributed by atoms with Gasteiger partial charge in [0.1, 0.15) is 11.8 Å². The van der Waals surface area contributed by atoms with Gasteiger partial charge in [0.15, 0.2) is 0 Å². The Morgan fingerprint density at radius 2 is 1.95 bits per heavy atom. The zero-order valence-corrected chi connectivity index (χ0v) is 12.0. The van der Waals surface area contributed by atoms with E-state index in [-0.39, 0.29) is 13.0 Å². The van der Waals surface area contributed by atoms with E-state index >= 15 is 0 Å². The van der Waals surface area contributed by atoms with Gasteiger partial charge < -0.3 is 20.0 Å². The molecule has 20 heavy (non-hydrogen) atoms. The Labute approximate surface area is 122 Å². The molecule has 110 valence electrons. The average Bonchev–Trinajstić information content (AvgIpc) is 2.38. The molecule has 2 N–H and O–H groups in total. The molecule has 6 nitrogen and oxygen atoms in total. The van der Waals surface area contributed by atoms with Crippen LogP contribution < -0.4 is 15.7 Å². The first kappa shape index (κ1) is 16.1. The molecule has 0 saturated heterocycles. The van der Waals surface area contributed by atoms with Crippen LogP contribution in [0.1, 0.15) is 25.8 Å². The maximum atomic E-state index is 11.7. The van der Waals surface area contributed by atoms with Crippen LogP contribution in [0.5, 0.6) is 0 Å². The standard InChI is InChI=1S/C13H17ClN2O4/c1-3-13(15-11(17)18,16-12(19)20-4-2)9-7-5-6-8-10(9)14/h5-8,15H,3-4H2,1-2H3,(H,16,19)(H,17,18)/p-1. The van der Waals surface area contributed by atoms with Crippen molar-refractivity contribution in [1.29, 1.82) is 0 Å². The zero-order chi connectivity index (χ0) is 15.2. The highest BCUT2D eigenvalue weighted by Gasteiger charge is 2.34. The number of hydrogen-bond donors (Lipinski definition) is 2. The molecule has 1 unspecified atom stereocenters. The maximum absolute atomic E-state index is 11.7. The molecule has 0 aliphatic rings. The van der Waals surface area contributed by atoms with Crippen molar-refractivity contribution < 1.29 is 19.4 Å². The summed E-state index contributed by atoms with van der Waals surface area (Å²) >= 11 is 6.09. The Hall–Kier alpha value is -1.95. The Morgan fingerprint density at radius 3 is 2.45 bits per heavy atom. The van der Waals surface area contributed by atoms with E-state index in [1.165, 1.54) is 0 Å².